The number of aryl methyl sites for hydroxylation is 1. The van der Waals surface area contributed by atoms with E-state index < -0.39 is 0 Å². The molecule has 172 valence electrons. The van der Waals surface area contributed by atoms with Gasteiger partial charge < -0.3 is 19.1 Å². The number of ether oxygens (including phenoxy) is 3. The van der Waals surface area contributed by atoms with Gasteiger partial charge in [-0.05, 0) is 40.8 Å². The molecule has 6 nitrogen and oxygen atoms in total. The van der Waals surface area contributed by atoms with Crippen molar-refractivity contribution < 1.29 is 19.0 Å². The molecular weight excluding hydrogens is 416 g/mol. The highest BCUT2D eigenvalue weighted by Crippen LogP contribution is 2.24. The van der Waals surface area contributed by atoms with Crippen LogP contribution >= 0.6 is 0 Å². The molecule has 3 aromatic rings. The Labute approximate surface area is 195 Å². The molecule has 0 saturated carbocycles. The Hall–Kier alpha value is -3.38. The molecule has 0 radical (unpaired) electrons. The average Bonchev–Trinajstić information content (AvgIpc) is 2.85. The number of carbonyl (C=O) groups excluding carboxylic acids is 1. The number of nitrogens with zero attached hydrogens (tertiary/aromatic N) is 2. The molecule has 2 bridgehead atoms. The minimum Gasteiger partial charge on any atom is -0.491 e. The summed E-state index contributed by atoms with van der Waals surface area (Å²) < 4.78 is 17.4. The Morgan fingerprint density at radius 1 is 1.03 bits per heavy atom. The molecule has 0 saturated heterocycles. The Morgan fingerprint density at radius 2 is 1.94 bits per heavy atom. The maximum Gasteiger partial charge on any atom is 0.260 e. The molecule has 6 heteroatoms. The molecule has 0 N–H and O–H groups in total. The fourth-order valence-corrected chi connectivity index (χ4v) is 3.85. The quantitative estimate of drug-likeness (QED) is 0.605. The summed E-state index contributed by atoms with van der Waals surface area (Å²) in [5.41, 5.74) is 4.72. The average molecular weight is 447 g/mol. The van der Waals surface area contributed by atoms with E-state index in [4.69, 9.17) is 14.2 Å². The number of rotatable bonds is 4. The van der Waals surface area contributed by atoms with Crippen molar-refractivity contribution in [2.75, 3.05) is 33.0 Å². The number of aromatic nitrogens is 1. The van der Waals surface area contributed by atoms with Crippen molar-refractivity contribution in [3.63, 3.8) is 0 Å². The third-order valence-electron chi connectivity index (χ3n) is 5.62. The summed E-state index contributed by atoms with van der Waals surface area (Å²) in [5, 5.41) is 0. The number of hydrogen-bond donors (Lipinski definition) is 0. The molecule has 0 unspecified atom stereocenters. The summed E-state index contributed by atoms with van der Waals surface area (Å²) in [7, 11) is 0. The van der Waals surface area contributed by atoms with Gasteiger partial charge in [0.05, 0.1) is 13.2 Å². The van der Waals surface area contributed by atoms with Gasteiger partial charge in [0.2, 0.25) is 5.88 Å². The van der Waals surface area contributed by atoms with Gasteiger partial charge in [-0.2, -0.15) is 0 Å². The van der Waals surface area contributed by atoms with Crippen LogP contribution < -0.4 is 9.47 Å². The predicted octanol–water partition coefficient (Wildman–Crippen LogP) is 4.05. The summed E-state index contributed by atoms with van der Waals surface area (Å²) in [6, 6.07) is 20.2. The Balaban J connectivity index is 1.52. The topological polar surface area (TPSA) is 60.9 Å². The van der Waals surface area contributed by atoms with E-state index in [1.54, 1.807) is 17.2 Å². The molecule has 2 aromatic carbocycles. The van der Waals surface area contributed by atoms with E-state index in [0.29, 0.717) is 38.8 Å². The lowest BCUT2D eigenvalue weighted by molar-refractivity contribution is -0.134. The first-order valence-electron chi connectivity index (χ1n) is 11.4. The van der Waals surface area contributed by atoms with Crippen LogP contribution in [-0.4, -0.2) is 48.8 Å². The summed E-state index contributed by atoms with van der Waals surface area (Å²) >= 11 is 0. The van der Waals surface area contributed by atoms with E-state index in [0.717, 1.165) is 24.2 Å². The van der Waals surface area contributed by atoms with Crippen LogP contribution in [0, 0.1) is 0 Å². The highest BCUT2D eigenvalue weighted by atomic mass is 16.5. The lowest BCUT2D eigenvalue weighted by Gasteiger charge is -2.24. The molecule has 0 spiro atoms. The second-order valence-electron chi connectivity index (χ2n) is 8.03. The zero-order valence-electron chi connectivity index (χ0n) is 19.0. The van der Waals surface area contributed by atoms with Gasteiger partial charge in [-0.25, -0.2) is 4.98 Å². The number of benzene rings is 2. The first kappa shape index (κ1) is 22.8. The summed E-state index contributed by atoms with van der Waals surface area (Å²) in [4.78, 5) is 18.8. The van der Waals surface area contributed by atoms with Gasteiger partial charge in [-0.3, -0.25) is 4.79 Å². The summed E-state index contributed by atoms with van der Waals surface area (Å²) in [6.45, 7) is 4.43. The lowest BCUT2D eigenvalue weighted by Crippen LogP contribution is -2.37. The Morgan fingerprint density at radius 3 is 2.79 bits per heavy atom. The monoisotopic (exact) mass is 446 g/mol. The molecule has 33 heavy (non-hydrogen) atoms. The standard InChI is InChI=1S/C27H30N2O4/c1-2-21-9-10-25-24(17-21)18-22-6-5-7-23(16-22)19-29(12-13-31-14-15-32-25)27(30)20-33-26-8-3-4-11-28-26/h3-11,16-17H,2,12-15,18-20H2,1H3. The molecule has 4 rings (SSSR count). The van der Waals surface area contributed by atoms with Crippen LogP contribution in [0.25, 0.3) is 0 Å². The van der Waals surface area contributed by atoms with Gasteiger partial charge in [0.25, 0.3) is 5.91 Å². The molecule has 1 aliphatic heterocycles. The van der Waals surface area contributed by atoms with Crippen molar-refractivity contribution in [1.82, 2.24) is 9.88 Å². The van der Waals surface area contributed by atoms with E-state index in [9.17, 15) is 4.79 Å². The van der Waals surface area contributed by atoms with Gasteiger partial charge in [-0.15, -0.1) is 0 Å². The number of pyridine rings is 1. The highest BCUT2D eigenvalue weighted by Gasteiger charge is 2.16. The predicted molar refractivity (Wildman–Crippen MR) is 127 cm³/mol. The van der Waals surface area contributed by atoms with Crippen molar-refractivity contribution in [3.05, 3.63) is 89.1 Å². The Bertz CT molecular complexity index is 1050. The SMILES string of the molecule is CCc1ccc2c(c1)Cc1cccc(c1)CN(C(=O)COc1ccccn1)CCOCCO2. The first-order valence-corrected chi connectivity index (χ1v) is 11.4. The van der Waals surface area contributed by atoms with E-state index in [-0.39, 0.29) is 12.5 Å². The summed E-state index contributed by atoms with van der Waals surface area (Å²) in [5.74, 6) is 1.24. The third kappa shape index (κ3) is 6.56. The highest BCUT2D eigenvalue weighted by molar-refractivity contribution is 5.77. The van der Waals surface area contributed by atoms with Crippen LogP contribution in [0.2, 0.25) is 0 Å². The zero-order chi connectivity index (χ0) is 22.9. The van der Waals surface area contributed by atoms with Crippen LogP contribution in [0.3, 0.4) is 0 Å². The molecule has 0 atom stereocenters. The van der Waals surface area contributed by atoms with Crippen molar-refractivity contribution in [3.8, 4) is 11.6 Å². The van der Waals surface area contributed by atoms with Crippen molar-refractivity contribution in [2.45, 2.75) is 26.3 Å². The lowest BCUT2D eigenvalue weighted by atomic mass is 9.99. The van der Waals surface area contributed by atoms with Crippen LogP contribution in [0.15, 0.2) is 66.9 Å². The van der Waals surface area contributed by atoms with Crippen molar-refractivity contribution >= 4 is 5.91 Å². The molecule has 0 aliphatic carbocycles. The van der Waals surface area contributed by atoms with Crippen LogP contribution in [0.5, 0.6) is 11.6 Å². The van der Waals surface area contributed by atoms with Gasteiger partial charge >= 0.3 is 0 Å². The van der Waals surface area contributed by atoms with Crippen molar-refractivity contribution in [2.24, 2.45) is 0 Å². The Kier molecular flexibility index (Phi) is 7.93. The second kappa shape index (κ2) is 11.5. The van der Waals surface area contributed by atoms with E-state index in [1.807, 2.05) is 18.2 Å². The van der Waals surface area contributed by atoms with Crippen molar-refractivity contribution in [1.29, 1.82) is 0 Å². The number of amides is 1. The number of carbonyl (C=O) groups is 1. The van der Waals surface area contributed by atoms with Gasteiger partial charge in [0.1, 0.15) is 12.4 Å². The normalized spacial score (nSPS) is 14.5. The fourth-order valence-electron chi connectivity index (χ4n) is 3.85. The van der Waals surface area contributed by atoms with Crippen LogP contribution in [-0.2, 0) is 28.9 Å². The second-order valence-corrected chi connectivity index (χ2v) is 8.03. The van der Waals surface area contributed by atoms with Gasteiger partial charge in [0.15, 0.2) is 6.61 Å². The smallest absolute Gasteiger partial charge is 0.260 e. The van der Waals surface area contributed by atoms with E-state index in [2.05, 4.69) is 48.3 Å². The third-order valence-corrected chi connectivity index (χ3v) is 5.62. The van der Waals surface area contributed by atoms with Crippen LogP contribution in [0.1, 0.15) is 29.2 Å². The molecule has 1 aliphatic rings. The van der Waals surface area contributed by atoms with Crippen LogP contribution in [0.4, 0.5) is 0 Å². The van der Waals surface area contributed by atoms with Gasteiger partial charge in [0, 0.05) is 31.8 Å². The molecular formula is C27H30N2O4. The summed E-state index contributed by atoms with van der Waals surface area (Å²) in [6.07, 6.45) is 3.40. The molecule has 1 amide bonds. The maximum atomic E-state index is 12.9. The first-order chi connectivity index (χ1) is 16.2. The molecule has 2 heterocycles. The minimum atomic E-state index is -0.101. The maximum absolute atomic E-state index is 12.9. The number of hydrogen-bond acceptors (Lipinski definition) is 5. The molecule has 0 fully saturated rings. The fraction of sp³-hybridized carbons (Fsp3) is 0.333. The zero-order valence-corrected chi connectivity index (χ0v) is 19.0. The number of fused-ring (bicyclic) bond motifs is 3. The van der Waals surface area contributed by atoms with E-state index >= 15 is 0 Å². The molecule has 1 aromatic heterocycles. The largest absolute Gasteiger partial charge is 0.491 e. The van der Waals surface area contributed by atoms with E-state index in [1.165, 1.54) is 16.7 Å². The van der Waals surface area contributed by atoms with Gasteiger partial charge in [-0.1, -0.05) is 49.4 Å². The minimum absolute atomic E-state index is 0.0625.